The van der Waals surface area contributed by atoms with Crippen LogP contribution >= 0.6 is 0 Å². The molecule has 1 aromatic rings. The van der Waals surface area contributed by atoms with Crippen molar-refractivity contribution in [1.29, 1.82) is 0 Å². The van der Waals surface area contributed by atoms with Gasteiger partial charge < -0.3 is 0 Å². The van der Waals surface area contributed by atoms with Crippen molar-refractivity contribution in [1.82, 2.24) is 0 Å². The Balaban J connectivity index is 0.000000640. The summed E-state index contributed by atoms with van der Waals surface area (Å²) in [5.41, 5.74) is 1.17. The maximum atomic E-state index is 3.63. The normalized spacial score (nSPS) is 7.56. The largest absolute Gasteiger partial charge is 0.269 e. The first-order chi connectivity index (χ1) is 3.93. The van der Waals surface area contributed by atoms with Crippen molar-refractivity contribution in [2.75, 3.05) is 0 Å². The lowest BCUT2D eigenvalue weighted by molar-refractivity contribution is 1.11. The van der Waals surface area contributed by atoms with Crippen LogP contribution in [0.25, 0.3) is 6.08 Å². The van der Waals surface area contributed by atoms with Crippen LogP contribution < -0.4 is 0 Å². The maximum Gasteiger partial charge on any atom is -0.0263 e. The first-order valence-electron chi connectivity index (χ1n) is 2.61. The fraction of sp³-hybridized carbons (Fsp3) is 0. The molecular weight excluding hydrogens is 115 g/mol. The van der Waals surface area contributed by atoms with E-state index in [1.165, 1.54) is 5.56 Å². The monoisotopic (exact) mass is 124 g/mol. The van der Waals surface area contributed by atoms with E-state index < -0.39 is 0 Å². The van der Waals surface area contributed by atoms with Crippen LogP contribution in [0.3, 0.4) is 0 Å². The van der Waals surface area contributed by atoms with Crippen molar-refractivity contribution in [3.63, 3.8) is 0 Å². The van der Waals surface area contributed by atoms with Crippen molar-refractivity contribution >= 4 is 6.08 Å². The molecule has 0 saturated carbocycles. The van der Waals surface area contributed by atoms with Crippen LogP contribution in [0.1, 0.15) is 5.56 Å². The van der Waals surface area contributed by atoms with E-state index in [2.05, 4.69) is 6.58 Å². The molecule has 0 atom stereocenters. The summed E-state index contributed by atoms with van der Waals surface area (Å²) in [5, 5.41) is 0. The highest BCUT2D eigenvalue weighted by molar-refractivity contribution is 5.45. The van der Waals surface area contributed by atoms with Crippen LogP contribution in [-0.4, -0.2) is 0 Å². The Morgan fingerprint density at radius 2 is 1.67 bits per heavy atom. The minimum atomic E-state index is 0. The van der Waals surface area contributed by atoms with Gasteiger partial charge in [-0.15, -0.1) is 0 Å². The molecule has 0 saturated heterocycles. The Morgan fingerprint density at radius 3 is 2.00 bits per heavy atom. The summed E-state index contributed by atoms with van der Waals surface area (Å²) in [4.78, 5) is 0. The summed E-state index contributed by atoms with van der Waals surface area (Å²) in [5.74, 6) is 0. The van der Waals surface area contributed by atoms with Gasteiger partial charge in [0.25, 0.3) is 0 Å². The summed E-state index contributed by atoms with van der Waals surface area (Å²) in [7, 11) is 0. The molecule has 48 valence electrons. The van der Waals surface area contributed by atoms with Gasteiger partial charge in [0.15, 0.2) is 0 Å². The van der Waals surface area contributed by atoms with Gasteiger partial charge in [0, 0.05) is 0 Å². The topological polar surface area (TPSA) is 0 Å². The average molecular weight is 124 g/mol. The van der Waals surface area contributed by atoms with Gasteiger partial charge in [0.2, 0.25) is 0 Å². The second kappa shape index (κ2) is 3.84. The molecule has 0 spiro atoms. The van der Waals surface area contributed by atoms with Crippen molar-refractivity contribution in [2.45, 2.75) is 0 Å². The van der Waals surface area contributed by atoms with Gasteiger partial charge in [-0.2, -0.15) is 0 Å². The van der Waals surface area contributed by atoms with Crippen LogP contribution in [0.2, 0.25) is 0 Å². The van der Waals surface area contributed by atoms with Crippen molar-refractivity contribution in [3.8, 4) is 0 Å². The lowest BCUT2D eigenvalue weighted by Gasteiger charge is -1.85. The van der Waals surface area contributed by atoms with Crippen molar-refractivity contribution < 1.29 is 4.70 Å². The SMILES string of the molecule is C=Cc1ccccc1.F. The molecule has 0 aliphatic heterocycles. The van der Waals surface area contributed by atoms with Crippen molar-refractivity contribution in [3.05, 3.63) is 42.5 Å². The minimum Gasteiger partial charge on any atom is -0.269 e. The van der Waals surface area contributed by atoms with Crippen LogP contribution in [-0.2, 0) is 0 Å². The maximum absolute atomic E-state index is 3.63. The number of hydrogen-bond acceptors (Lipinski definition) is 0. The fourth-order valence-electron chi connectivity index (χ4n) is 0.589. The Hall–Kier alpha value is -1.11. The number of hydrogen-bond donors (Lipinski definition) is 0. The smallest absolute Gasteiger partial charge is 0.0263 e. The van der Waals surface area contributed by atoms with Crippen molar-refractivity contribution in [2.24, 2.45) is 0 Å². The van der Waals surface area contributed by atoms with Crippen LogP contribution in [0.15, 0.2) is 36.9 Å². The van der Waals surface area contributed by atoms with E-state index in [0.29, 0.717) is 0 Å². The Labute approximate surface area is 54.2 Å². The Bertz CT molecular complexity index is 167. The molecule has 0 nitrogen and oxygen atoms in total. The summed E-state index contributed by atoms with van der Waals surface area (Å²) < 4.78 is 0. The highest BCUT2D eigenvalue weighted by atomic mass is 19.0. The predicted molar refractivity (Wildman–Crippen MR) is 39.0 cm³/mol. The summed E-state index contributed by atoms with van der Waals surface area (Å²) in [6.45, 7) is 3.63. The lowest BCUT2D eigenvalue weighted by atomic mass is 10.2. The highest BCUT2D eigenvalue weighted by Crippen LogP contribution is 1.97. The first kappa shape index (κ1) is 7.89. The van der Waals surface area contributed by atoms with E-state index in [4.69, 9.17) is 0 Å². The standard InChI is InChI=1S/C8H8.FH/c1-2-8-6-4-3-5-7-8;/h2-7H,1H2;1H. The zero-order chi connectivity index (χ0) is 5.82. The fourth-order valence-corrected chi connectivity index (χ4v) is 0.589. The quantitative estimate of drug-likeness (QED) is 0.539. The van der Waals surface area contributed by atoms with E-state index in [1.807, 2.05) is 36.4 Å². The van der Waals surface area contributed by atoms with E-state index in [9.17, 15) is 0 Å². The van der Waals surface area contributed by atoms with E-state index in [1.54, 1.807) is 0 Å². The molecule has 9 heavy (non-hydrogen) atoms. The Morgan fingerprint density at radius 1 is 1.11 bits per heavy atom. The summed E-state index contributed by atoms with van der Waals surface area (Å²) >= 11 is 0. The molecule has 1 rings (SSSR count). The van der Waals surface area contributed by atoms with Gasteiger partial charge in [0.05, 0.1) is 0 Å². The zero-order valence-electron chi connectivity index (χ0n) is 5.08. The van der Waals surface area contributed by atoms with Crippen LogP contribution in [0, 0.1) is 0 Å². The number of benzene rings is 1. The first-order valence-corrected chi connectivity index (χ1v) is 2.61. The van der Waals surface area contributed by atoms with Gasteiger partial charge in [-0.25, -0.2) is 0 Å². The average Bonchev–Trinajstić information content (AvgIpc) is 1.90. The molecule has 1 aromatic carbocycles. The molecule has 0 fully saturated rings. The number of rotatable bonds is 1. The summed E-state index contributed by atoms with van der Waals surface area (Å²) in [6, 6.07) is 10.0. The predicted octanol–water partition coefficient (Wildman–Crippen LogP) is 2.48. The molecule has 0 unspecified atom stereocenters. The van der Waals surface area contributed by atoms with Gasteiger partial charge >= 0.3 is 0 Å². The third-order valence-electron chi connectivity index (χ3n) is 1.04. The van der Waals surface area contributed by atoms with E-state index in [0.717, 1.165) is 0 Å². The molecule has 0 bridgehead atoms. The second-order valence-electron chi connectivity index (χ2n) is 1.61. The summed E-state index contributed by atoms with van der Waals surface area (Å²) in [6.07, 6.45) is 1.83. The van der Waals surface area contributed by atoms with Gasteiger partial charge in [0.1, 0.15) is 0 Å². The second-order valence-corrected chi connectivity index (χ2v) is 1.61. The van der Waals surface area contributed by atoms with E-state index >= 15 is 0 Å². The van der Waals surface area contributed by atoms with Gasteiger partial charge in [-0.05, 0) is 5.56 Å². The number of halogens is 1. The van der Waals surface area contributed by atoms with Gasteiger partial charge in [-0.1, -0.05) is 43.0 Å². The van der Waals surface area contributed by atoms with Crippen LogP contribution in [0.4, 0.5) is 4.70 Å². The molecule has 0 heterocycles. The molecule has 0 amide bonds. The molecular formula is C8H9F. The zero-order valence-corrected chi connectivity index (χ0v) is 5.08. The minimum absolute atomic E-state index is 0. The van der Waals surface area contributed by atoms with E-state index in [-0.39, 0.29) is 4.70 Å². The molecule has 0 radical (unpaired) electrons. The molecule has 0 N–H and O–H groups in total. The van der Waals surface area contributed by atoms with Gasteiger partial charge in [-0.3, -0.25) is 4.70 Å². The third-order valence-corrected chi connectivity index (χ3v) is 1.04. The van der Waals surface area contributed by atoms with Crippen LogP contribution in [0.5, 0.6) is 0 Å². The molecule has 0 aliphatic rings. The molecule has 1 heteroatoms. The highest BCUT2D eigenvalue weighted by Gasteiger charge is 1.75. The molecule has 0 aliphatic carbocycles. The molecule has 0 aromatic heterocycles. The lowest BCUT2D eigenvalue weighted by Crippen LogP contribution is -1.63. The Kier molecular flexibility index (Phi) is 3.37. The third kappa shape index (κ3) is 2.08.